The van der Waals surface area contributed by atoms with Gasteiger partial charge in [-0.1, -0.05) is 42.5 Å². The molecule has 0 unspecified atom stereocenters. The van der Waals surface area contributed by atoms with E-state index >= 15 is 0 Å². The van der Waals surface area contributed by atoms with Crippen LogP contribution in [0.15, 0.2) is 72.8 Å². The highest BCUT2D eigenvalue weighted by Gasteiger charge is 2.15. The van der Waals surface area contributed by atoms with Crippen LogP contribution in [0.5, 0.6) is 17.2 Å². The number of ether oxygens (including phenoxy) is 4. The molecule has 0 spiro atoms. The van der Waals surface area contributed by atoms with E-state index < -0.39 is 5.97 Å². The molecule has 0 aliphatic carbocycles. The Labute approximate surface area is 164 Å². The Morgan fingerprint density at radius 3 is 2.07 bits per heavy atom. The fraction of sp³-hybridized carbons (Fsp3) is 0.174. The van der Waals surface area contributed by atoms with Crippen LogP contribution >= 0.6 is 0 Å². The first-order chi connectivity index (χ1) is 13.7. The van der Waals surface area contributed by atoms with Gasteiger partial charge in [0.1, 0.15) is 36.0 Å². The van der Waals surface area contributed by atoms with Crippen molar-refractivity contribution in [1.82, 2.24) is 0 Å². The van der Waals surface area contributed by atoms with Gasteiger partial charge in [0.05, 0.1) is 14.2 Å². The second-order valence-electron chi connectivity index (χ2n) is 6.06. The Bertz CT molecular complexity index is 904. The lowest BCUT2D eigenvalue weighted by Gasteiger charge is -2.13. The van der Waals surface area contributed by atoms with Gasteiger partial charge in [-0.25, -0.2) is 4.79 Å². The van der Waals surface area contributed by atoms with Gasteiger partial charge in [-0.2, -0.15) is 0 Å². The third kappa shape index (κ3) is 5.04. The molecule has 0 fully saturated rings. The molecule has 0 amide bonds. The lowest BCUT2D eigenvalue weighted by molar-refractivity contribution is 0.0595. The lowest BCUT2D eigenvalue weighted by atomic mass is 10.2. The van der Waals surface area contributed by atoms with Crippen molar-refractivity contribution in [2.24, 2.45) is 0 Å². The first-order valence-electron chi connectivity index (χ1n) is 8.84. The van der Waals surface area contributed by atoms with Crippen LogP contribution in [0.3, 0.4) is 0 Å². The summed E-state index contributed by atoms with van der Waals surface area (Å²) in [6, 6.07) is 22.5. The second kappa shape index (κ2) is 9.46. The molecule has 3 aromatic carbocycles. The van der Waals surface area contributed by atoms with Crippen molar-refractivity contribution in [3.63, 3.8) is 0 Å². The topological polar surface area (TPSA) is 54.0 Å². The SMILES string of the molecule is COC(=O)c1ccc(OCc2ccc(OC)cc2)cc1OCc1ccccc1. The van der Waals surface area contributed by atoms with E-state index in [1.807, 2.05) is 54.6 Å². The number of carbonyl (C=O) groups is 1. The number of hydrogen-bond acceptors (Lipinski definition) is 5. The van der Waals surface area contributed by atoms with Crippen LogP contribution in [0.2, 0.25) is 0 Å². The molecule has 0 heterocycles. The van der Waals surface area contributed by atoms with Crippen LogP contribution < -0.4 is 14.2 Å². The van der Waals surface area contributed by atoms with E-state index in [1.165, 1.54) is 7.11 Å². The predicted octanol–water partition coefficient (Wildman–Crippen LogP) is 4.64. The number of rotatable bonds is 8. The molecule has 0 aliphatic rings. The lowest BCUT2D eigenvalue weighted by Crippen LogP contribution is -2.06. The normalized spacial score (nSPS) is 10.2. The molecule has 0 radical (unpaired) electrons. The van der Waals surface area contributed by atoms with Crippen molar-refractivity contribution in [1.29, 1.82) is 0 Å². The Morgan fingerprint density at radius 1 is 0.750 bits per heavy atom. The van der Waals surface area contributed by atoms with Crippen LogP contribution in [0.4, 0.5) is 0 Å². The summed E-state index contributed by atoms with van der Waals surface area (Å²) in [7, 11) is 2.97. The smallest absolute Gasteiger partial charge is 0.341 e. The molecule has 0 bridgehead atoms. The minimum Gasteiger partial charge on any atom is -0.497 e. The van der Waals surface area contributed by atoms with Gasteiger partial charge in [0, 0.05) is 6.07 Å². The second-order valence-corrected chi connectivity index (χ2v) is 6.06. The van der Waals surface area contributed by atoms with Gasteiger partial charge in [0.25, 0.3) is 0 Å². The maximum absolute atomic E-state index is 12.0. The van der Waals surface area contributed by atoms with Crippen molar-refractivity contribution in [2.45, 2.75) is 13.2 Å². The maximum Gasteiger partial charge on any atom is 0.341 e. The van der Waals surface area contributed by atoms with E-state index in [4.69, 9.17) is 18.9 Å². The van der Waals surface area contributed by atoms with Crippen molar-refractivity contribution in [3.8, 4) is 17.2 Å². The monoisotopic (exact) mass is 378 g/mol. The van der Waals surface area contributed by atoms with Gasteiger partial charge >= 0.3 is 5.97 Å². The van der Waals surface area contributed by atoms with Gasteiger partial charge in [-0.05, 0) is 35.4 Å². The summed E-state index contributed by atoms with van der Waals surface area (Å²) < 4.78 is 21.7. The molecule has 0 saturated heterocycles. The molecule has 144 valence electrons. The largest absolute Gasteiger partial charge is 0.497 e. The van der Waals surface area contributed by atoms with Gasteiger partial charge in [-0.3, -0.25) is 0 Å². The van der Waals surface area contributed by atoms with Crippen LogP contribution in [0.25, 0.3) is 0 Å². The molecular formula is C23H22O5. The fourth-order valence-electron chi connectivity index (χ4n) is 2.61. The zero-order valence-electron chi connectivity index (χ0n) is 15.9. The van der Waals surface area contributed by atoms with Crippen molar-refractivity contribution >= 4 is 5.97 Å². The van der Waals surface area contributed by atoms with Crippen LogP contribution in [-0.4, -0.2) is 20.2 Å². The summed E-state index contributed by atoms with van der Waals surface area (Å²) >= 11 is 0. The Balaban J connectivity index is 1.73. The third-order valence-electron chi connectivity index (χ3n) is 4.16. The Hall–Kier alpha value is -3.47. The average molecular weight is 378 g/mol. The molecular weight excluding hydrogens is 356 g/mol. The third-order valence-corrected chi connectivity index (χ3v) is 4.16. The Kier molecular flexibility index (Phi) is 6.52. The first kappa shape index (κ1) is 19.3. The minimum absolute atomic E-state index is 0.340. The fourth-order valence-corrected chi connectivity index (χ4v) is 2.61. The summed E-state index contributed by atoms with van der Waals surface area (Å²) in [4.78, 5) is 12.0. The summed E-state index contributed by atoms with van der Waals surface area (Å²) in [5, 5.41) is 0. The number of hydrogen-bond donors (Lipinski definition) is 0. The van der Waals surface area contributed by atoms with E-state index in [0.29, 0.717) is 30.3 Å². The van der Waals surface area contributed by atoms with Crippen LogP contribution in [0, 0.1) is 0 Å². The van der Waals surface area contributed by atoms with Crippen LogP contribution in [-0.2, 0) is 18.0 Å². The van der Waals surface area contributed by atoms with E-state index in [2.05, 4.69) is 0 Å². The molecule has 5 heteroatoms. The zero-order valence-corrected chi connectivity index (χ0v) is 15.9. The molecule has 0 saturated carbocycles. The summed E-state index contributed by atoms with van der Waals surface area (Å²) in [5.41, 5.74) is 2.36. The van der Waals surface area contributed by atoms with Crippen molar-refractivity contribution in [2.75, 3.05) is 14.2 Å². The van der Waals surface area contributed by atoms with Gasteiger partial charge in [0.15, 0.2) is 0 Å². The summed E-state index contributed by atoms with van der Waals surface area (Å²) in [6.07, 6.45) is 0. The number of carbonyl (C=O) groups excluding carboxylic acids is 1. The summed E-state index contributed by atoms with van der Waals surface area (Å²) in [5.74, 6) is 1.36. The van der Waals surface area contributed by atoms with E-state index in [-0.39, 0.29) is 0 Å². The number of benzene rings is 3. The highest BCUT2D eigenvalue weighted by atomic mass is 16.5. The van der Waals surface area contributed by atoms with E-state index in [0.717, 1.165) is 16.9 Å². The molecule has 28 heavy (non-hydrogen) atoms. The maximum atomic E-state index is 12.0. The highest BCUT2D eigenvalue weighted by Crippen LogP contribution is 2.27. The highest BCUT2D eigenvalue weighted by molar-refractivity contribution is 5.92. The Morgan fingerprint density at radius 2 is 1.39 bits per heavy atom. The van der Waals surface area contributed by atoms with Gasteiger partial charge in [0.2, 0.25) is 0 Å². The first-order valence-corrected chi connectivity index (χ1v) is 8.84. The predicted molar refractivity (Wildman–Crippen MR) is 106 cm³/mol. The standard InChI is InChI=1S/C23H22O5/c1-25-19-10-8-18(9-11-19)15-27-20-12-13-21(23(24)26-2)22(14-20)28-16-17-6-4-3-5-7-17/h3-14H,15-16H2,1-2H3. The van der Waals surface area contributed by atoms with Crippen molar-refractivity contribution < 1.29 is 23.7 Å². The van der Waals surface area contributed by atoms with E-state index in [1.54, 1.807) is 25.3 Å². The molecule has 0 N–H and O–H groups in total. The number of esters is 1. The van der Waals surface area contributed by atoms with Crippen LogP contribution in [0.1, 0.15) is 21.5 Å². The zero-order chi connectivity index (χ0) is 19.8. The molecule has 0 atom stereocenters. The average Bonchev–Trinajstić information content (AvgIpc) is 2.76. The molecule has 0 aromatic heterocycles. The minimum atomic E-state index is -0.454. The molecule has 5 nitrogen and oxygen atoms in total. The van der Waals surface area contributed by atoms with Gasteiger partial charge < -0.3 is 18.9 Å². The molecule has 3 rings (SSSR count). The quantitative estimate of drug-likeness (QED) is 0.535. The van der Waals surface area contributed by atoms with Gasteiger partial charge in [-0.15, -0.1) is 0 Å². The molecule has 3 aromatic rings. The van der Waals surface area contributed by atoms with Crippen molar-refractivity contribution in [3.05, 3.63) is 89.5 Å². The van der Waals surface area contributed by atoms with E-state index in [9.17, 15) is 4.79 Å². The summed E-state index contributed by atoms with van der Waals surface area (Å²) in [6.45, 7) is 0.729. The number of methoxy groups -OCH3 is 2. The molecule has 0 aliphatic heterocycles.